The zero-order chi connectivity index (χ0) is 44.7. The Morgan fingerprint density at radius 3 is 2.18 bits per heavy atom. The van der Waals surface area contributed by atoms with E-state index in [9.17, 15) is 24.3 Å². The molecule has 1 unspecified atom stereocenters. The second kappa shape index (κ2) is 27.2. The van der Waals surface area contributed by atoms with E-state index in [2.05, 4.69) is 22.0 Å². The van der Waals surface area contributed by atoms with Crippen LogP contribution in [0.1, 0.15) is 102 Å². The molecule has 1 fully saturated rings. The van der Waals surface area contributed by atoms with Crippen LogP contribution in [0.4, 0.5) is 5.69 Å². The minimum Gasteiger partial charge on any atom is -0.460 e. The topological polar surface area (TPSA) is 179 Å². The number of unbranched alkanes of at least 4 members (excludes halogenated alkanes) is 2. The predicted octanol–water partition coefficient (Wildman–Crippen LogP) is 5.74. The molecule has 4 N–H and O–H groups in total. The number of nitrogens with zero attached hydrogens (tertiary/aromatic N) is 2. The summed E-state index contributed by atoms with van der Waals surface area (Å²) in [5, 5.41) is 22.5. The Hall–Kier alpha value is -4.06. The van der Waals surface area contributed by atoms with Crippen molar-refractivity contribution in [2.45, 2.75) is 117 Å². The molecule has 62 heavy (non-hydrogen) atoms. The van der Waals surface area contributed by atoms with Crippen LogP contribution in [0, 0.1) is 12.8 Å². The number of aliphatic hydroxyl groups excluding tert-OH is 1. The monoisotopic (exact) mass is 885 g/mol. The Morgan fingerprint density at radius 1 is 0.839 bits per heavy atom. The Bertz CT molecular complexity index is 1800. The zero-order valence-electron chi connectivity index (χ0n) is 37.5. The van der Waals surface area contributed by atoms with Crippen LogP contribution >= 0.6 is 11.3 Å². The molecule has 1 saturated carbocycles. The largest absolute Gasteiger partial charge is 0.460 e. The fourth-order valence-electron chi connectivity index (χ4n) is 7.36. The number of carbonyl (C=O) groups is 4. The molecule has 0 saturated heterocycles. The summed E-state index contributed by atoms with van der Waals surface area (Å²) in [6.07, 6.45) is 5.05. The number of hydrogen-bond acceptors (Lipinski definition) is 12. The van der Waals surface area contributed by atoms with E-state index in [0.29, 0.717) is 97.4 Å². The van der Waals surface area contributed by atoms with Crippen LogP contribution in [0.2, 0.25) is 0 Å². The molecule has 1 atom stereocenters. The van der Waals surface area contributed by atoms with Crippen LogP contribution in [-0.2, 0) is 44.6 Å². The number of nitrogens with one attached hydrogen (secondary N) is 3. The number of aliphatic hydroxyl groups is 1. The molecular weight excluding hydrogens is 815 g/mol. The average Bonchev–Trinajstić information content (AvgIpc) is 3.83. The van der Waals surface area contributed by atoms with Crippen molar-refractivity contribution in [3.05, 3.63) is 53.0 Å². The van der Waals surface area contributed by atoms with E-state index in [0.717, 1.165) is 53.6 Å². The smallest absolute Gasteiger partial charge is 0.308 e. The zero-order valence-corrected chi connectivity index (χ0v) is 38.4. The van der Waals surface area contributed by atoms with Crippen LogP contribution in [0.5, 0.6) is 0 Å². The van der Waals surface area contributed by atoms with Crippen LogP contribution in [0.3, 0.4) is 0 Å². The molecule has 0 aliphatic heterocycles. The van der Waals surface area contributed by atoms with Crippen molar-refractivity contribution in [3.8, 4) is 0 Å². The van der Waals surface area contributed by atoms with E-state index < -0.39 is 11.8 Å². The molecule has 0 radical (unpaired) electrons. The van der Waals surface area contributed by atoms with Crippen molar-refractivity contribution < 1.29 is 48.0 Å². The normalized spacial score (nSPS) is 15.9. The molecule has 346 valence electrons. The van der Waals surface area contributed by atoms with E-state index >= 15 is 0 Å². The van der Waals surface area contributed by atoms with Gasteiger partial charge < -0.3 is 54.2 Å². The maximum atomic E-state index is 13.7. The van der Waals surface area contributed by atoms with Gasteiger partial charge in [-0.15, -0.1) is 11.3 Å². The summed E-state index contributed by atoms with van der Waals surface area (Å²) in [5.41, 5.74) is 3.02. The molecule has 1 aromatic carbocycles. The van der Waals surface area contributed by atoms with E-state index in [1.807, 2.05) is 79.8 Å². The van der Waals surface area contributed by atoms with Gasteiger partial charge >= 0.3 is 5.97 Å². The molecule has 2 aromatic heterocycles. The molecule has 2 heterocycles. The van der Waals surface area contributed by atoms with Crippen molar-refractivity contribution in [2.75, 3.05) is 77.4 Å². The van der Waals surface area contributed by atoms with E-state index in [4.69, 9.17) is 23.7 Å². The number of thiophene rings is 1. The highest BCUT2D eigenvalue weighted by molar-refractivity contribution is 7.17. The molecule has 3 aromatic rings. The number of likely N-dealkylation sites (N-methyl/N-ethyl adjacent to an activating group) is 1. The number of benzene rings is 1. The minimum atomic E-state index is -0.824. The van der Waals surface area contributed by atoms with Gasteiger partial charge in [0.15, 0.2) is 0 Å². The fourth-order valence-corrected chi connectivity index (χ4v) is 8.18. The number of anilines is 1. The summed E-state index contributed by atoms with van der Waals surface area (Å²) in [7, 11) is 0. The number of hydrogen-bond donors (Lipinski definition) is 4. The second-order valence-electron chi connectivity index (χ2n) is 16.7. The van der Waals surface area contributed by atoms with E-state index in [1.165, 1.54) is 0 Å². The summed E-state index contributed by atoms with van der Waals surface area (Å²) in [6, 6.07) is 11.9. The quantitative estimate of drug-likeness (QED) is 0.0380. The molecule has 1 aliphatic rings. The Labute approximate surface area is 371 Å². The molecular formula is C46H71N5O10S. The Kier molecular flexibility index (Phi) is 22.2. The standard InChI is InChI=1S/C46H71N5O10S/c1-6-50(37-12-10-11-34(2)31-37)42(53)33-51-38-19-30-62-40(38)32-39(51)45(56)49-36-16-14-35(15-17-36)44(55)48-20-9-7-8-13-41(52)47-21-23-58-25-27-60-29-28-59-26-24-57-22-18-43(54)61-46(3,4)5/h10-12,19,30-32,35-36,42,53H,6-9,13-18,20-29,33H2,1-5H3,(H,47,52)(H,48,55)(H,49,56)/t35-,36-,42?. The van der Waals surface area contributed by atoms with Crippen LogP contribution in [0.15, 0.2) is 41.8 Å². The Balaban J connectivity index is 0.979. The lowest BCUT2D eigenvalue weighted by molar-refractivity contribution is -0.156. The molecule has 3 amide bonds. The number of esters is 1. The molecule has 1 aliphatic carbocycles. The minimum absolute atomic E-state index is 0.0180. The summed E-state index contributed by atoms with van der Waals surface area (Å²) in [5.74, 6) is -0.487. The first kappa shape index (κ1) is 50.6. The van der Waals surface area contributed by atoms with Gasteiger partial charge in [-0.05, 0) is 108 Å². The summed E-state index contributed by atoms with van der Waals surface area (Å²) >= 11 is 1.57. The summed E-state index contributed by atoms with van der Waals surface area (Å²) in [4.78, 5) is 52.4. The maximum absolute atomic E-state index is 13.7. The van der Waals surface area contributed by atoms with Gasteiger partial charge in [-0.3, -0.25) is 19.2 Å². The molecule has 16 heteroatoms. The summed E-state index contributed by atoms with van der Waals surface area (Å²) < 4.78 is 30.0. The lowest BCUT2D eigenvalue weighted by Gasteiger charge is -2.30. The third-order valence-electron chi connectivity index (χ3n) is 10.5. The van der Waals surface area contributed by atoms with Gasteiger partial charge in [-0.25, -0.2) is 0 Å². The highest BCUT2D eigenvalue weighted by Crippen LogP contribution is 2.29. The number of ether oxygens (including phenoxy) is 5. The third kappa shape index (κ3) is 18.3. The van der Waals surface area contributed by atoms with E-state index in [-0.39, 0.29) is 48.6 Å². The highest BCUT2D eigenvalue weighted by atomic mass is 32.1. The Morgan fingerprint density at radius 2 is 1.52 bits per heavy atom. The van der Waals surface area contributed by atoms with Crippen LogP contribution in [-0.4, -0.2) is 124 Å². The lowest BCUT2D eigenvalue weighted by atomic mass is 9.85. The predicted molar refractivity (Wildman–Crippen MR) is 241 cm³/mol. The molecule has 0 bridgehead atoms. The van der Waals surface area contributed by atoms with Gasteiger partial charge in [0.1, 0.15) is 17.5 Å². The fraction of sp³-hybridized carbons (Fsp3) is 0.652. The van der Waals surface area contributed by atoms with Gasteiger partial charge in [-0.1, -0.05) is 18.6 Å². The average molecular weight is 886 g/mol. The van der Waals surface area contributed by atoms with Crippen molar-refractivity contribution >= 4 is 50.9 Å². The maximum Gasteiger partial charge on any atom is 0.308 e. The lowest BCUT2D eigenvalue weighted by Crippen LogP contribution is -2.42. The number of aryl methyl sites for hydroxylation is 1. The second-order valence-corrected chi connectivity index (χ2v) is 17.6. The molecule has 0 spiro atoms. The highest BCUT2D eigenvalue weighted by Gasteiger charge is 2.29. The third-order valence-corrected chi connectivity index (χ3v) is 11.4. The van der Waals surface area contributed by atoms with Crippen molar-refractivity contribution in [2.24, 2.45) is 5.92 Å². The summed E-state index contributed by atoms with van der Waals surface area (Å²) in [6.45, 7) is 14.6. The molecule has 4 rings (SSSR count). The molecule has 15 nitrogen and oxygen atoms in total. The number of fused-ring (bicyclic) bond motifs is 1. The first-order valence-electron chi connectivity index (χ1n) is 22.3. The number of amides is 3. The van der Waals surface area contributed by atoms with Gasteiger partial charge in [0.2, 0.25) is 11.8 Å². The first-order chi connectivity index (χ1) is 29.8. The first-order valence-corrected chi connectivity index (χ1v) is 23.2. The van der Waals surface area contributed by atoms with Gasteiger partial charge in [0.05, 0.1) is 76.0 Å². The van der Waals surface area contributed by atoms with Crippen molar-refractivity contribution in [3.63, 3.8) is 0 Å². The van der Waals surface area contributed by atoms with Gasteiger partial charge in [-0.2, -0.15) is 0 Å². The van der Waals surface area contributed by atoms with Crippen molar-refractivity contribution in [1.29, 1.82) is 0 Å². The number of carbonyl (C=O) groups excluding carboxylic acids is 4. The SMILES string of the molecule is CCN(c1cccc(C)c1)C(O)Cn1c(C(=O)N[C@H]2CC[C@H](C(=O)NCCCCCC(=O)NCCOCCOCCOCCOCCC(=O)OC(C)(C)C)CC2)cc2sccc21. The van der Waals surface area contributed by atoms with Gasteiger partial charge in [0, 0.05) is 43.7 Å². The number of rotatable bonds is 29. The van der Waals surface area contributed by atoms with Crippen molar-refractivity contribution in [1.82, 2.24) is 20.5 Å². The van der Waals surface area contributed by atoms with Crippen LogP contribution < -0.4 is 20.9 Å². The number of aromatic nitrogens is 1. The van der Waals surface area contributed by atoms with Gasteiger partial charge in [0.25, 0.3) is 5.91 Å². The van der Waals surface area contributed by atoms with E-state index in [1.54, 1.807) is 11.3 Å². The van der Waals surface area contributed by atoms with Crippen LogP contribution in [0.25, 0.3) is 10.2 Å².